The molecule has 0 saturated heterocycles. The van der Waals surface area contributed by atoms with Gasteiger partial charge in [-0.05, 0) is 6.08 Å². The van der Waals surface area contributed by atoms with Crippen molar-refractivity contribution < 1.29 is 13.3 Å². The Bertz CT molecular complexity index is 109. The quantitative estimate of drug-likeness (QED) is 0.374. The van der Waals surface area contributed by atoms with Gasteiger partial charge in [0.15, 0.2) is 0 Å². The van der Waals surface area contributed by atoms with Crippen molar-refractivity contribution in [2.24, 2.45) is 0 Å². The fraction of sp³-hybridized carbons (Fsp3) is 0. The SMILES string of the molecule is C#CC=C.O=S(O)O. The highest BCUT2D eigenvalue weighted by Gasteiger charge is 1.62. The molecule has 0 aromatic carbocycles. The van der Waals surface area contributed by atoms with Gasteiger partial charge in [-0.3, -0.25) is 9.11 Å². The normalized spacial score (nSPS) is 6.25. The average Bonchev–Trinajstić information content (AvgIpc) is 1.65. The van der Waals surface area contributed by atoms with Crippen LogP contribution in [0.4, 0.5) is 0 Å². The summed E-state index contributed by atoms with van der Waals surface area (Å²) in [6.45, 7) is 3.24. The van der Waals surface area contributed by atoms with Crippen LogP contribution in [0, 0.1) is 12.3 Å². The summed E-state index contributed by atoms with van der Waals surface area (Å²) in [6.07, 6.45) is 6.06. The van der Waals surface area contributed by atoms with Crippen molar-refractivity contribution in [1.29, 1.82) is 0 Å². The van der Waals surface area contributed by atoms with Gasteiger partial charge < -0.3 is 0 Å². The molecule has 0 aliphatic heterocycles. The molecule has 0 spiro atoms. The van der Waals surface area contributed by atoms with Gasteiger partial charge in [0.05, 0.1) is 0 Å². The van der Waals surface area contributed by atoms with Crippen LogP contribution in [0.25, 0.3) is 0 Å². The minimum atomic E-state index is -2.61. The van der Waals surface area contributed by atoms with Gasteiger partial charge in [0.2, 0.25) is 0 Å². The van der Waals surface area contributed by atoms with E-state index in [1.54, 1.807) is 0 Å². The minimum Gasteiger partial charge on any atom is -0.284 e. The molecule has 2 N–H and O–H groups in total. The first-order chi connectivity index (χ1) is 3.65. The number of terminal acetylenes is 1. The third kappa shape index (κ3) is 749. The number of rotatable bonds is 0. The zero-order chi connectivity index (χ0) is 6.99. The maximum absolute atomic E-state index is 8.67. The van der Waals surface area contributed by atoms with Gasteiger partial charge in [0.1, 0.15) is 0 Å². The van der Waals surface area contributed by atoms with Gasteiger partial charge in [-0.25, -0.2) is 0 Å². The van der Waals surface area contributed by atoms with Crippen LogP contribution in [0.5, 0.6) is 0 Å². The van der Waals surface area contributed by atoms with Crippen LogP contribution in [0.1, 0.15) is 0 Å². The summed E-state index contributed by atoms with van der Waals surface area (Å²) in [6, 6.07) is 0. The van der Waals surface area contributed by atoms with Crippen LogP contribution >= 0.6 is 0 Å². The largest absolute Gasteiger partial charge is 0.299 e. The second-order valence-corrected chi connectivity index (χ2v) is 1.06. The Kier molecular flexibility index (Phi) is 12.5. The van der Waals surface area contributed by atoms with Crippen molar-refractivity contribution in [3.05, 3.63) is 12.7 Å². The van der Waals surface area contributed by atoms with E-state index in [0.29, 0.717) is 0 Å². The van der Waals surface area contributed by atoms with Gasteiger partial charge >= 0.3 is 0 Å². The fourth-order valence-electron chi connectivity index (χ4n) is 0. The molecule has 0 fully saturated rings. The predicted molar refractivity (Wildman–Crippen MR) is 32.4 cm³/mol. The number of hydrogen-bond acceptors (Lipinski definition) is 1. The third-order valence-corrected chi connectivity index (χ3v) is 0.118. The zero-order valence-electron chi connectivity index (χ0n) is 4.07. The van der Waals surface area contributed by atoms with E-state index in [1.165, 1.54) is 6.08 Å². The van der Waals surface area contributed by atoms with Crippen LogP contribution in [-0.4, -0.2) is 13.3 Å². The van der Waals surface area contributed by atoms with Crippen molar-refractivity contribution >= 4 is 11.4 Å². The van der Waals surface area contributed by atoms with Crippen LogP contribution in [-0.2, 0) is 11.4 Å². The molecule has 0 saturated carbocycles. The standard InChI is InChI=1S/C4H4.H2O3S/c1-3-4-2;1-4(2)3/h1,4H,2H2;(H2,1,2,3). The summed E-state index contributed by atoms with van der Waals surface area (Å²) in [5.74, 6) is 2.19. The Morgan fingerprint density at radius 2 is 1.88 bits per heavy atom. The van der Waals surface area contributed by atoms with Crippen LogP contribution in [0.3, 0.4) is 0 Å². The summed E-state index contributed by atoms with van der Waals surface area (Å²) in [5, 5.41) is 0. The molecule has 0 aromatic rings. The summed E-state index contributed by atoms with van der Waals surface area (Å²) in [7, 11) is 0. The number of hydrogen-bond donors (Lipinski definition) is 2. The van der Waals surface area contributed by atoms with Gasteiger partial charge in [0, 0.05) is 0 Å². The summed E-state index contributed by atoms with van der Waals surface area (Å²) < 4.78 is 22.8. The van der Waals surface area contributed by atoms with Crippen LogP contribution in [0.15, 0.2) is 12.7 Å². The van der Waals surface area contributed by atoms with E-state index < -0.39 is 11.4 Å². The summed E-state index contributed by atoms with van der Waals surface area (Å²) in [4.78, 5) is 0. The van der Waals surface area contributed by atoms with Crippen LogP contribution < -0.4 is 0 Å². The molecule has 0 bridgehead atoms. The molecular weight excluding hydrogens is 128 g/mol. The average molecular weight is 134 g/mol. The van der Waals surface area contributed by atoms with Crippen molar-refractivity contribution in [2.75, 3.05) is 0 Å². The van der Waals surface area contributed by atoms with Gasteiger partial charge in [0.25, 0.3) is 11.4 Å². The van der Waals surface area contributed by atoms with Crippen molar-refractivity contribution in [3.63, 3.8) is 0 Å². The lowest BCUT2D eigenvalue weighted by Crippen LogP contribution is -1.74. The highest BCUT2D eigenvalue weighted by Crippen LogP contribution is 1.44. The molecule has 0 amide bonds. The topological polar surface area (TPSA) is 57.5 Å². The molecule has 46 valence electrons. The maximum Gasteiger partial charge on any atom is 0.299 e. The zero-order valence-corrected chi connectivity index (χ0v) is 4.89. The molecular formula is C4H6O3S. The molecule has 0 heterocycles. The third-order valence-electron chi connectivity index (χ3n) is 0.118. The lowest BCUT2D eigenvalue weighted by atomic mass is 10.7. The molecule has 0 aliphatic carbocycles. The summed E-state index contributed by atoms with van der Waals surface area (Å²) in [5.41, 5.74) is 0. The minimum absolute atomic E-state index is 1.40. The van der Waals surface area contributed by atoms with Crippen molar-refractivity contribution in [1.82, 2.24) is 0 Å². The monoisotopic (exact) mass is 134 g/mol. The molecule has 0 atom stereocenters. The van der Waals surface area contributed by atoms with Gasteiger partial charge in [-0.15, -0.1) is 6.42 Å². The Balaban J connectivity index is 0. The highest BCUT2D eigenvalue weighted by molar-refractivity contribution is 7.73. The Labute approximate surface area is 50.5 Å². The first kappa shape index (κ1) is 10.4. The van der Waals surface area contributed by atoms with Crippen molar-refractivity contribution in [3.8, 4) is 12.3 Å². The smallest absolute Gasteiger partial charge is 0.284 e. The highest BCUT2D eigenvalue weighted by atomic mass is 32.2. The van der Waals surface area contributed by atoms with Crippen molar-refractivity contribution in [2.45, 2.75) is 0 Å². The van der Waals surface area contributed by atoms with E-state index in [2.05, 4.69) is 18.9 Å². The van der Waals surface area contributed by atoms with Gasteiger partial charge in [-0.1, -0.05) is 12.5 Å². The second kappa shape index (κ2) is 9.62. The molecule has 0 rings (SSSR count). The molecule has 0 aliphatic rings. The van der Waals surface area contributed by atoms with Crippen LogP contribution in [0.2, 0.25) is 0 Å². The fourth-order valence-corrected chi connectivity index (χ4v) is 0. The second-order valence-electron chi connectivity index (χ2n) is 0.602. The molecule has 0 radical (unpaired) electrons. The van der Waals surface area contributed by atoms with Gasteiger partial charge in [-0.2, -0.15) is 4.21 Å². The van der Waals surface area contributed by atoms with E-state index in [1.807, 2.05) is 0 Å². The predicted octanol–water partition coefficient (Wildman–Crippen LogP) is 0.487. The maximum atomic E-state index is 8.67. The van der Waals surface area contributed by atoms with E-state index >= 15 is 0 Å². The molecule has 4 heteroatoms. The van der Waals surface area contributed by atoms with E-state index in [0.717, 1.165) is 0 Å². The molecule has 0 unspecified atom stereocenters. The Morgan fingerprint density at radius 3 is 1.88 bits per heavy atom. The molecule has 8 heavy (non-hydrogen) atoms. The Hall–Kier alpha value is -0.630. The summed E-state index contributed by atoms with van der Waals surface area (Å²) >= 11 is -2.61. The molecule has 3 nitrogen and oxygen atoms in total. The number of allylic oxidation sites excluding steroid dienone is 1. The van der Waals surface area contributed by atoms with E-state index in [4.69, 9.17) is 13.3 Å². The Morgan fingerprint density at radius 1 is 1.75 bits per heavy atom. The lowest BCUT2D eigenvalue weighted by Gasteiger charge is -1.59. The first-order valence-corrected chi connectivity index (χ1v) is 2.58. The van der Waals surface area contributed by atoms with E-state index in [9.17, 15) is 0 Å². The molecule has 0 aromatic heterocycles. The lowest BCUT2D eigenvalue weighted by molar-refractivity contribution is 0.454. The first-order valence-electron chi connectivity index (χ1n) is 1.52. The van der Waals surface area contributed by atoms with E-state index in [-0.39, 0.29) is 0 Å².